The summed E-state index contributed by atoms with van der Waals surface area (Å²) in [7, 11) is 0. The first kappa shape index (κ1) is 18.7. The summed E-state index contributed by atoms with van der Waals surface area (Å²) in [6, 6.07) is 14.6. The Bertz CT molecular complexity index is 1030. The van der Waals surface area contributed by atoms with Gasteiger partial charge in [0, 0.05) is 17.4 Å². The second-order valence-corrected chi connectivity index (χ2v) is 7.18. The van der Waals surface area contributed by atoms with Crippen molar-refractivity contribution in [3.05, 3.63) is 71.5 Å². The molecule has 148 valence electrons. The van der Waals surface area contributed by atoms with Crippen LogP contribution in [0.25, 0.3) is 0 Å². The van der Waals surface area contributed by atoms with E-state index in [0.717, 1.165) is 35.4 Å². The molecule has 2 aromatic carbocycles. The molecule has 7 nitrogen and oxygen atoms in total. The summed E-state index contributed by atoms with van der Waals surface area (Å²) >= 11 is 0. The van der Waals surface area contributed by atoms with Crippen molar-refractivity contribution < 1.29 is 14.3 Å². The maximum Gasteiger partial charge on any atom is 0.313 e. The summed E-state index contributed by atoms with van der Waals surface area (Å²) in [5.74, 6) is 0.0722. The van der Waals surface area contributed by atoms with Crippen LogP contribution in [-0.4, -0.2) is 28.1 Å². The molecule has 0 unspecified atom stereocenters. The molecule has 0 spiro atoms. The molecular formula is C22H22N4O3. The first-order chi connectivity index (χ1) is 14.1. The third kappa shape index (κ3) is 4.63. The van der Waals surface area contributed by atoms with E-state index in [9.17, 15) is 9.59 Å². The van der Waals surface area contributed by atoms with Crippen LogP contribution in [0.2, 0.25) is 0 Å². The second-order valence-electron chi connectivity index (χ2n) is 7.18. The molecule has 2 amide bonds. The third-order valence-electron chi connectivity index (χ3n) is 4.90. The van der Waals surface area contributed by atoms with E-state index in [4.69, 9.17) is 4.74 Å². The predicted octanol–water partition coefficient (Wildman–Crippen LogP) is 3.12. The van der Waals surface area contributed by atoms with Crippen LogP contribution in [0, 0.1) is 6.92 Å². The zero-order valence-corrected chi connectivity index (χ0v) is 16.1. The number of aromatic amines is 1. The fourth-order valence-corrected chi connectivity index (χ4v) is 3.40. The number of aryl methyl sites for hydroxylation is 2. The number of carbonyl (C=O) groups excluding carboxylic acids is 2. The SMILES string of the molecule is Cc1cccc(Oc2ccc(NC(=O)C(=O)N[C@H]3CCc4[nH]ncc4C3)cc2)c1. The summed E-state index contributed by atoms with van der Waals surface area (Å²) < 4.78 is 5.79. The van der Waals surface area contributed by atoms with Crippen molar-refractivity contribution in [1.82, 2.24) is 15.5 Å². The van der Waals surface area contributed by atoms with Gasteiger partial charge in [0.2, 0.25) is 0 Å². The van der Waals surface area contributed by atoms with Crippen LogP contribution in [0.1, 0.15) is 23.2 Å². The first-order valence-electron chi connectivity index (χ1n) is 9.54. The number of fused-ring (bicyclic) bond motifs is 1. The minimum absolute atomic E-state index is 0.0662. The van der Waals surface area contributed by atoms with E-state index < -0.39 is 11.8 Å². The summed E-state index contributed by atoms with van der Waals surface area (Å²) in [4.78, 5) is 24.5. The van der Waals surface area contributed by atoms with Gasteiger partial charge < -0.3 is 15.4 Å². The lowest BCUT2D eigenvalue weighted by molar-refractivity contribution is -0.136. The summed E-state index contributed by atoms with van der Waals surface area (Å²) in [5, 5.41) is 12.4. The molecule has 1 heterocycles. The van der Waals surface area contributed by atoms with Gasteiger partial charge in [-0.1, -0.05) is 12.1 Å². The van der Waals surface area contributed by atoms with Gasteiger partial charge in [0.15, 0.2) is 0 Å². The molecule has 0 saturated heterocycles. The third-order valence-corrected chi connectivity index (χ3v) is 4.90. The Balaban J connectivity index is 1.30. The topological polar surface area (TPSA) is 96.1 Å². The predicted molar refractivity (Wildman–Crippen MR) is 109 cm³/mol. The molecule has 3 aromatic rings. The summed E-state index contributed by atoms with van der Waals surface area (Å²) in [6.07, 6.45) is 4.04. The van der Waals surface area contributed by atoms with Gasteiger partial charge >= 0.3 is 11.8 Å². The van der Waals surface area contributed by atoms with E-state index in [1.165, 1.54) is 0 Å². The van der Waals surface area contributed by atoms with Crippen molar-refractivity contribution in [1.29, 1.82) is 0 Å². The Morgan fingerprint density at radius 2 is 1.93 bits per heavy atom. The van der Waals surface area contributed by atoms with Gasteiger partial charge in [0.05, 0.1) is 6.20 Å². The quantitative estimate of drug-likeness (QED) is 0.597. The number of rotatable bonds is 4. The number of amides is 2. The lowest BCUT2D eigenvalue weighted by Gasteiger charge is -2.22. The number of nitrogens with zero attached hydrogens (tertiary/aromatic N) is 1. The Morgan fingerprint density at radius 3 is 2.72 bits per heavy atom. The van der Waals surface area contributed by atoms with Gasteiger partial charge in [-0.2, -0.15) is 5.10 Å². The fraction of sp³-hybridized carbons (Fsp3) is 0.227. The number of nitrogens with one attached hydrogen (secondary N) is 3. The first-order valence-corrected chi connectivity index (χ1v) is 9.54. The number of hydrogen-bond acceptors (Lipinski definition) is 4. The molecule has 0 radical (unpaired) electrons. The number of anilines is 1. The summed E-state index contributed by atoms with van der Waals surface area (Å²) in [5.41, 5.74) is 3.83. The molecule has 1 aliphatic carbocycles. The van der Waals surface area contributed by atoms with Crippen LogP contribution in [0.4, 0.5) is 5.69 Å². The zero-order valence-electron chi connectivity index (χ0n) is 16.1. The molecule has 0 saturated carbocycles. The van der Waals surface area contributed by atoms with Gasteiger partial charge in [-0.25, -0.2) is 0 Å². The maximum atomic E-state index is 12.2. The number of benzene rings is 2. The van der Waals surface area contributed by atoms with Crippen molar-refractivity contribution in [2.75, 3.05) is 5.32 Å². The van der Waals surface area contributed by atoms with Crippen LogP contribution >= 0.6 is 0 Å². The Labute approximate surface area is 168 Å². The Hall–Kier alpha value is -3.61. The average Bonchev–Trinajstić information content (AvgIpc) is 3.17. The van der Waals surface area contributed by atoms with Gasteiger partial charge in [-0.3, -0.25) is 14.7 Å². The minimum Gasteiger partial charge on any atom is -0.457 e. The van der Waals surface area contributed by atoms with Gasteiger partial charge in [-0.15, -0.1) is 0 Å². The molecule has 0 aliphatic heterocycles. The molecule has 0 fully saturated rings. The smallest absolute Gasteiger partial charge is 0.313 e. The molecule has 29 heavy (non-hydrogen) atoms. The number of carbonyl (C=O) groups is 2. The van der Waals surface area contributed by atoms with Crippen LogP contribution in [0.5, 0.6) is 11.5 Å². The normalized spacial score (nSPS) is 15.3. The second kappa shape index (κ2) is 8.18. The van der Waals surface area contributed by atoms with E-state index >= 15 is 0 Å². The average molecular weight is 390 g/mol. The van der Waals surface area contributed by atoms with Crippen molar-refractivity contribution in [3.8, 4) is 11.5 Å². The number of hydrogen-bond donors (Lipinski definition) is 3. The van der Waals surface area contributed by atoms with E-state index in [2.05, 4.69) is 20.8 Å². The van der Waals surface area contributed by atoms with Crippen molar-refractivity contribution in [3.63, 3.8) is 0 Å². The van der Waals surface area contributed by atoms with Gasteiger partial charge in [0.25, 0.3) is 0 Å². The van der Waals surface area contributed by atoms with E-state index in [0.29, 0.717) is 17.9 Å². The lowest BCUT2D eigenvalue weighted by Crippen LogP contribution is -2.44. The van der Waals surface area contributed by atoms with Crippen LogP contribution in [0.15, 0.2) is 54.7 Å². The molecule has 4 rings (SSSR count). The highest BCUT2D eigenvalue weighted by Crippen LogP contribution is 2.24. The largest absolute Gasteiger partial charge is 0.457 e. The number of aromatic nitrogens is 2. The highest BCUT2D eigenvalue weighted by molar-refractivity contribution is 6.39. The monoisotopic (exact) mass is 390 g/mol. The van der Waals surface area contributed by atoms with Gasteiger partial charge in [0.1, 0.15) is 11.5 Å². The Kier molecular flexibility index (Phi) is 5.29. The Morgan fingerprint density at radius 1 is 1.10 bits per heavy atom. The number of H-pyrrole nitrogens is 1. The minimum atomic E-state index is -0.685. The molecular weight excluding hydrogens is 368 g/mol. The van der Waals surface area contributed by atoms with E-state index in [1.807, 2.05) is 31.2 Å². The molecule has 1 atom stereocenters. The van der Waals surface area contributed by atoms with E-state index in [-0.39, 0.29) is 6.04 Å². The van der Waals surface area contributed by atoms with Crippen LogP contribution in [0.3, 0.4) is 0 Å². The van der Waals surface area contributed by atoms with Crippen LogP contribution in [-0.2, 0) is 22.4 Å². The zero-order chi connectivity index (χ0) is 20.2. The highest BCUT2D eigenvalue weighted by atomic mass is 16.5. The van der Waals surface area contributed by atoms with Crippen molar-refractivity contribution in [2.24, 2.45) is 0 Å². The van der Waals surface area contributed by atoms with E-state index in [1.54, 1.807) is 30.5 Å². The molecule has 1 aromatic heterocycles. The standard InChI is InChI=1S/C22H22N4O3/c1-14-3-2-4-19(11-14)29-18-8-5-16(6-9-18)24-21(27)22(28)25-17-7-10-20-15(12-17)13-23-26-20/h2-6,8-9,11,13,17H,7,10,12H2,1H3,(H,23,26)(H,24,27)(H,25,28)/t17-/m0/s1. The highest BCUT2D eigenvalue weighted by Gasteiger charge is 2.24. The van der Waals surface area contributed by atoms with Gasteiger partial charge in [-0.05, 0) is 73.7 Å². The maximum absolute atomic E-state index is 12.2. The van der Waals surface area contributed by atoms with Crippen LogP contribution < -0.4 is 15.4 Å². The molecule has 7 heteroatoms. The van der Waals surface area contributed by atoms with Crippen molar-refractivity contribution in [2.45, 2.75) is 32.2 Å². The molecule has 1 aliphatic rings. The molecule has 0 bridgehead atoms. The lowest BCUT2D eigenvalue weighted by atomic mass is 9.93. The van der Waals surface area contributed by atoms with Crippen molar-refractivity contribution >= 4 is 17.5 Å². The molecule has 3 N–H and O–H groups in total. The fourth-order valence-electron chi connectivity index (χ4n) is 3.40. The number of ether oxygens (including phenoxy) is 1. The summed E-state index contributed by atoms with van der Waals surface area (Å²) in [6.45, 7) is 2.00.